The molecule has 126 valence electrons. The Hall–Kier alpha value is -2.76. The van der Waals surface area contributed by atoms with Crippen molar-refractivity contribution in [3.8, 4) is 11.5 Å². The monoisotopic (exact) mass is 326 g/mol. The molecule has 2 aromatic rings. The van der Waals surface area contributed by atoms with Gasteiger partial charge >= 0.3 is 0 Å². The maximum Gasteiger partial charge on any atom is 0.231 e. The minimum absolute atomic E-state index is 0.306. The second-order valence-corrected chi connectivity index (χ2v) is 5.56. The van der Waals surface area contributed by atoms with Gasteiger partial charge in [-0.05, 0) is 42.7 Å². The van der Waals surface area contributed by atoms with E-state index >= 15 is 0 Å². The highest BCUT2D eigenvalue weighted by Gasteiger charge is 2.12. The number of pyridine rings is 1. The fourth-order valence-corrected chi connectivity index (χ4v) is 2.51. The van der Waals surface area contributed by atoms with Crippen molar-refractivity contribution in [2.75, 3.05) is 20.4 Å². The first-order valence-electron chi connectivity index (χ1n) is 8.00. The Bertz CT molecular complexity index is 731. The lowest BCUT2D eigenvalue weighted by Crippen LogP contribution is -2.38. The summed E-state index contributed by atoms with van der Waals surface area (Å²) in [4.78, 5) is 8.62. The van der Waals surface area contributed by atoms with E-state index in [2.05, 4.69) is 39.7 Å². The zero-order chi connectivity index (χ0) is 16.8. The van der Waals surface area contributed by atoms with E-state index in [1.165, 1.54) is 11.1 Å². The van der Waals surface area contributed by atoms with Crippen molar-refractivity contribution in [3.05, 3.63) is 53.3 Å². The van der Waals surface area contributed by atoms with Crippen molar-refractivity contribution >= 4 is 5.96 Å². The normalized spacial score (nSPS) is 13.0. The van der Waals surface area contributed by atoms with Gasteiger partial charge in [0.25, 0.3) is 0 Å². The summed E-state index contributed by atoms with van der Waals surface area (Å²) in [5.41, 5.74) is 3.39. The molecule has 0 atom stereocenters. The third-order valence-electron chi connectivity index (χ3n) is 3.91. The fourth-order valence-electron chi connectivity index (χ4n) is 2.51. The molecule has 3 rings (SSSR count). The molecule has 0 saturated carbocycles. The van der Waals surface area contributed by atoms with Crippen LogP contribution in [0.5, 0.6) is 11.5 Å². The van der Waals surface area contributed by atoms with Crippen LogP contribution < -0.4 is 20.1 Å². The summed E-state index contributed by atoms with van der Waals surface area (Å²) in [6.07, 6.45) is 2.68. The Morgan fingerprint density at radius 1 is 1.21 bits per heavy atom. The zero-order valence-corrected chi connectivity index (χ0v) is 14.0. The van der Waals surface area contributed by atoms with E-state index in [9.17, 15) is 0 Å². The number of hydrogen-bond acceptors (Lipinski definition) is 4. The van der Waals surface area contributed by atoms with Crippen LogP contribution in [0.1, 0.15) is 16.8 Å². The molecule has 6 nitrogen and oxygen atoms in total. The Kier molecular flexibility index (Phi) is 5.15. The summed E-state index contributed by atoms with van der Waals surface area (Å²) in [5.74, 6) is 2.40. The number of aryl methyl sites for hydroxylation is 1. The van der Waals surface area contributed by atoms with E-state index in [0.717, 1.165) is 36.1 Å². The van der Waals surface area contributed by atoms with Crippen LogP contribution in [0, 0.1) is 6.92 Å². The minimum atomic E-state index is 0.306. The van der Waals surface area contributed by atoms with Crippen LogP contribution in [0.3, 0.4) is 0 Å². The second kappa shape index (κ2) is 7.68. The van der Waals surface area contributed by atoms with E-state index in [4.69, 9.17) is 9.47 Å². The quantitative estimate of drug-likeness (QED) is 0.650. The number of fused-ring (bicyclic) bond motifs is 1. The number of aliphatic imine (C=N–C) groups is 1. The topological polar surface area (TPSA) is 67.8 Å². The lowest BCUT2D eigenvalue weighted by molar-refractivity contribution is 0.174. The first-order valence-corrected chi connectivity index (χ1v) is 8.00. The van der Waals surface area contributed by atoms with Crippen LogP contribution in [0.2, 0.25) is 0 Å². The molecule has 0 unspecified atom stereocenters. The van der Waals surface area contributed by atoms with Gasteiger partial charge in [-0.3, -0.25) is 9.98 Å². The Morgan fingerprint density at radius 3 is 2.92 bits per heavy atom. The molecule has 0 aliphatic carbocycles. The van der Waals surface area contributed by atoms with Gasteiger partial charge in [-0.1, -0.05) is 12.1 Å². The average Bonchev–Trinajstić information content (AvgIpc) is 3.07. The summed E-state index contributed by atoms with van der Waals surface area (Å²) in [6, 6.07) is 10.0. The highest BCUT2D eigenvalue weighted by atomic mass is 16.7. The van der Waals surface area contributed by atoms with Gasteiger partial charge in [-0.2, -0.15) is 0 Å². The van der Waals surface area contributed by atoms with Crippen molar-refractivity contribution in [1.29, 1.82) is 0 Å². The van der Waals surface area contributed by atoms with Crippen molar-refractivity contribution in [1.82, 2.24) is 15.6 Å². The minimum Gasteiger partial charge on any atom is -0.454 e. The molecule has 0 amide bonds. The van der Waals surface area contributed by atoms with E-state index in [-0.39, 0.29) is 0 Å². The number of aromatic nitrogens is 1. The van der Waals surface area contributed by atoms with Crippen molar-refractivity contribution in [2.45, 2.75) is 19.9 Å². The van der Waals surface area contributed by atoms with E-state index < -0.39 is 0 Å². The predicted octanol–water partition coefficient (Wildman–Crippen LogP) is 2.03. The third-order valence-corrected chi connectivity index (χ3v) is 3.91. The summed E-state index contributed by atoms with van der Waals surface area (Å²) in [5, 5.41) is 6.60. The number of rotatable bonds is 5. The number of hydrogen-bond donors (Lipinski definition) is 2. The molecule has 0 spiro atoms. The Balaban J connectivity index is 1.47. The lowest BCUT2D eigenvalue weighted by Gasteiger charge is -2.12. The Labute approximate surface area is 141 Å². The molecule has 0 saturated heterocycles. The van der Waals surface area contributed by atoms with E-state index in [0.29, 0.717) is 13.3 Å². The van der Waals surface area contributed by atoms with Gasteiger partial charge in [0, 0.05) is 19.8 Å². The first kappa shape index (κ1) is 16.1. The molecule has 0 radical (unpaired) electrons. The smallest absolute Gasteiger partial charge is 0.231 e. The fraction of sp³-hybridized carbons (Fsp3) is 0.333. The predicted molar refractivity (Wildman–Crippen MR) is 93.4 cm³/mol. The maximum atomic E-state index is 5.40. The molecule has 1 aromatic heterocycles. The number of nitrogens with zero attached hydrogens (tertiary/aromatic N) is 2. The van der Waals surface area contributed by atoms with Crippen LogP contribution in [0.15, 0.2) is 41.5 Å². The molecule has 0 fully saturated rings. The molecular weight excluding hydrogens is 304 g/mol. The molecule has 24 heavy (non-hydrogen) atoms. The van der Waals surface area contributed by atoms with Crippen molar-refractivity contribution in [3.63, 3.8) is 0 Å². The SMILES string of the molecule is CN=C(NCCc1ccc2c(c1)OCO2)NCc1ncccc1C. The standard InChI is InChI=1S/C18H22N4O2/c1-13-4-3-8-20-15(13)11-22-18(19-2)21-9-7-14-5-6-16-17(10-14)24-12-23-16/h3-6,8,10H,7,9,11-12H2,1-2H3,(H2,19,21,22). The highest BCUT2D eigenvalue weighted by Crippen LogP contribution is 2.32. The van der Waals surface area contributed by atoms with Crippen molar-refractivity contribution in [2.24, 2.45) is 4.99 Å². The molecule has 1 aliphatic rings. The van der Waals surface area contributed by atoms with Gasteiger partial charge < -0.3 is 20.1 Å². The van der Waals surface area contributed by atoms with Crippen molar-refractivity contribution < 1.29 is 9.47 Å². The van der Waals surface area contributed by atoms with Crippen LogP contribution in [0.25, 0.3) is 0 Å². The summed E-state index contributed by atoms with van der Waals surface area (Å²) >= 11 is 0. The molecule has 1 aromatic carbocycles. The van der Waals surface area contributed by atoms with Crippen LogP contribution in [-0.4, -0.2) is 31.3 Å². The number of ether oxygens (including phenoxy) is 2. The largest absolute Gasteiger partial charge is 0.454 e. The lowest BCUT2D eigenvalue weighted by atomic mass is 10.1. The number of guanidine groups is 1. The number of nitrogens with one attached hydrogen (secondary N) is 2. The summed E-state index contributed by atoms with van der Waals surface area (Å²) in [7, 11) is 1.77. The van der Waals surface area contributed by atoms with Gasteiger partial charge in [0.1, 0.15) is 0 Å². The van der Waals surface area contributed by atoms with Crippen LogP contribution in [0.4, 0.5) is 0 Å². The van der Waals surface area contributed by atoms with Gasteiger partial charge in [0.15, 0.2) is 17.5 Å². The first-order chi connectivity index (χ1) is 11.8. The summed E-state index contributed by atoms with van der Waals surface area (Å²) < 4.78 is 10.7. The summed E-state index contributed by atoms with van der Waals surface area (Å²) in [6.45, 7) is 3.79. The van der Waals surface area contributed by atoms with Gasteiger partial charge in [0.2, 0.25) is 6.79 Å². The Morgan fingerprint density at radius 2 is 2.08 bits per heavy atom. The third kappa shape index (κ3) is 3.95. The second-order valence-electron chi connectivity index (χ2n) is 5.56. The van der Waals surface area contributed by atoms with Crippen LogP contribution >= 0.6 is 0 Å². The van der Waals surface area contributed by atoms with Gasteiger partial charge in [-0.25, -0.2) is 0 Å². The molecule has 6 heteroatoms. The molecule has 2 heterocycles. The zero-order valence-electron chi connectivity index (χ0n) is 14.0. The molecule has 0 bridgehead atoms. The van der Waals surface area contributed by atoms with Gasteiger partial charge in [-0.15, -0.1) is 0 Å². The maximum absolute atomic E-state index is 5.40. The van der Waals surface area contributed by atoms with E-state index in [1.54, 1.807) is 13.2 Å². The van der Waals surface area contributed by atoms with Gasteiger partial charge in [0.05, 0.1) is 12.2 Å². The molecule has 2 N–H and O–H groups in total. The number of benzene rings is 1. The van der Waals surface area contributed by atoms with Crippen LogP contribution in [-0.2, 0) is 13.0 Å². The molecule has 1 aliphatic heterocycles. The highest BCUT2D eigenvalue weighted by molar-refractivity contribution is 5.79. The average molecular weight is 326 g/mol. The molecular formula is C18H22N4O2. The van der Waals surface area contributed by atoms with E-state index in [1.807, 2.05) is 18.2 Å².